The van der Waals surface area contributed by atoms with E-state index in [0.717, 1.165) is 0 Å². The van der Waals surface area contributed by atoms with Crippen LogP contribution in [0.1, 0.15) is 20.3 Å². The van der Waals surface area contributed by atoms with E-state index in [-0.39, 0.29) is 11.8 Å². The standard InChI is InChI=1S/C9H17NOS/c1-7(8(2)11)10(3)9-4-5-12-6-9/h7,9H,4-6H2,1-3H3. The Hall–Kier alpha value is -0.0200. The van der Waals surface area contributed by atoms with Gasteiger partial charge in [-0.05, 0) is 33.1 Å². The lowest BCUT2D eigenvalue weighted by atomic mass is 10.1. The SMILES string of the molecule is CC(=O)C(C)N(C)C1CCSC1. The highest BCUT2D eigenvalue weighted by atomic mass is 32.2. The molecule has 3 heteroatoms. The number of nitrogens with zero attached hydrogens (tertiary/aromatic N) is 1. The van der Waals surface area contributed by atoms with Gasteiger partial charge in [-0.3, -0.25) is 9.69 Å². The van der Waals surface area contributed by atoms with Gasteiger partial charge in [0.05, 0.1) is 6.04 Å². The molecule has 1 saturated heterocycles. The quantitative estimate of drug-likeness (QED) is 0.666. The van der Waals surface area contributed by atoms with Crippen molar-refractivity contribution in [2.75, 3.05) is 18.6 Å². The van der Waals surface area contributed by atoms with Gasteiger partial charge in [0.25, 0.3) is 0 Å². The van der Waals surface area contributed by atoms with E-state index in [1.165, 1.54) is 17.9 Å². The van der Waals surface area contributed by atoms with Crippen molar-refractivity contribution in [3.8, 4) is 0 Å². The van der Waals surface area contributed by atoms with Crippen LogP contribution in [0.3, 0.4) is 0 Å². The van der Waals surface area contributed by atoms with Crippen molar-refractivity contribution in [1.82, 2.24) is 4.90 Å². The smallest absolute Gasteiger partial charge is 0.146 e. The van der Waals surface area contributed by atoms with Crippen LogP contribution in [0.4, 0.5) is 0 Å². The van der Waals surface area contributed by atoms with E-state index in [2.05, 4.69) is 11.9 Å². The normalized spacial score (nSPS) is 26.2. The van der Waals surface area contributed by atoms with Gasteiger partial charge in [-0.1, -0.05) is 0 Å². The molecule has 0 aliphatic carbocycles. The molecule has 0 aromatic heterocycles. The summed E-state index contributed by atoms with van der Waals surface area (Å²) in [6.45, 7) is 3.66. The summed E-state index contributed by atoms with van der Waals surface area (Å²) < 4.78 is 0. The van der Waals surface area contributed by atoms with Gasteiger partial charge in [0.15, 0.2) is 0 Å². The van der Waals surface area contributed by atoms with Crippen LogP contribution in [0, 0.1) is 0 Å². The molecular weight excluding hydrogens is 170 g/mol. The van der Waals surface area contributed by atoms with E-state index in [4.69, 9.17) is 0 Å². The van der Waals surface area contributed by atoms with Crippen LogP contribution in [-0.4, -0.2) is 41.3 Å². The van der Waals surface area contributed by atoms with Crippen molar-refractivity contribution in [3.63, 3.8) is 0 Å². The Labute approximate surface area is 78.7 Å². The summed E-state index contributed by atoms with van der Waals surface area (Å²) in [4.78, 5) is 13.3. The monoisotopic (exact) mass is 187 g/mol. The molecule has 0 radical (unpaired) electrons. The highest BCUT2D eigenvalue weighted by Gasteiger charge is 2.25. The number of hydrogen-bond acceptors (Lipinski definition) is 3. The lowest BCUT2D eigenvalue weighted by Crippen LogP contribution is -2.42. The Morgan fingerprint density at radius 3 is 2.75 bits per heavy atom. The second-order valence-corrected chi connectivity index (χ2v) is 4.62. The highest BCUT2D eigenvalue weighted by Crippen LogP contribution is 2.22. The van der Waals surface area contributed by atoms with Crippen molar-refractivity contribution < 1.29 is 4.79 Å². The van der Waals surface area contributed by atoms with Gasteiger partial charge in [0, 0.05) is 11.8 Å². The predicted molar refractivity (Wildman–Crippen MR) is 53.6 cm³/mol. The molecule has 0 spiro atoms. The summed E-state index contributed by atoms with van der Waals surface area (Å²) in [5.74, 6) is 2.71. The third-order valence-corrected chi connectivity index (χ3v) is 3.83. The Morgan fingerprint density at radius 2 is 2.33 bits per heavy atom. The average Bonchev–Trinajstić information content (AvgIpc) is 2.53. The lowest BCUT2D eigenvalue weighted by molar-refractivity contribution is -0.121. The van der Waals surface area contributed by atoms with Crippen molar-refractivity contribution in [2.45, 2.75) is 32.4 Å². The Bertz CT molecular complexity index is 166. The fraction of sp³-hybridized carbons (Fsp3) is 0.889. The Morgan fingerprint density at radius 1 is 1.67 bits per heavy atom. The molecule has 2 atom stereocenters. The van der Waals surface area contributed by atoms with Gasteiger partial charge < -0.3 is 0 Å². The Kier molecular flexibility index (Phi) is 3.59. The fourth-order valence-electron chi connectivity index (χ4n) is 1.45. The number of carbonyl (C=O) groups is 1. The second kappa shape index (κ2) is 4.28. The maximum Gasteiger partial charge on any atom is 0.146 e. The first-order chi connectivity index (χ1) is 5.63. The number of ketones is 1. The minimum atomic E-state index is 0.0914. The summed E-state index contributed by atoms with van der Waals surface area (Å²) in [6.07, 6.45) is 1.23. The molecule has 1 aliphatic heterocycles. The molecule has 1 heterocycles. The first-order valence-electron chi connectivity index (χ1n) is 4.43. The molecule has 1 aliphatic rings. The topological polar surface area (TPSA) is 20.3 Å². The zero-order valence-electron chi connectivity index (χ0n) is 8.04. The molecule has 1 fully saturated rings. The zero-order chi connectivity index (χ0) is 9.14. The van der Waals surface area contributed by atoms with Crippen LogP contribution in [-0.2, 0) is 4.79 Å². The highest BCUT2D eigenvalue weighted by molar-refractivity contribution is 7.99. The molecule has 0 amide bonds. The molecule has 0 saturated carbocycles. The summed E-state index contributed by atoms with van der Waals surface area (Å²) in [6, 6.07) is 0.711. The van der Waals surface area contributed by atoms with Gasteiger partial charge in [0.2, 0.25) is 0 Å². The minimum absolute atomic E-state index is 0.0914. The predicted octanol–water partition coefficient (Wildman–Crippen LogP) is 1.40. The van der Waals surface area contributed by atoms with Crippen LogP contribution >= 0.6 is 11.8 Å². The fourth-order valence-corrected chi connectivity index (χ4v) is 2.73. The molecule has 1 rings (SSSR count). The van der Waals surface area contributed by atoms with Gasteiger partial charge in [-0.15, -0.1) is 0 Å². The van der Waals surface area contributed by atoms with E-state index >= 15 is 0 Å². The first kappa shape index (κ1) is 10.1. The third kappa shape index (κ3) is 2.23. The number of thioether (sulfide) groups is 1. The number of likely N-dealkylation sites (N-methyl/N-ethyl adjacent to an activating group) is 1. The zero-order valence-corrected chi connectivity index (χ0v) is 8.86. The molecular formula is C9H17NOS. The van der Waals surface area contributed by atoms with E-state index in [1.807, 2.05) is 18.7 Å². The summed E-state index contributed by atoms with van der Waals surface area (Å²) in [5.41, 5.74) is 0. The summed E-state index contributed by atoms with van der Waals surface area (Å²) in [7, 11) is 2.06. The van der Waals surface area contributed by atoms with E-state index in [0.29, 0.717) is 6.04 Å². The lowest BCUT2D eigenvalue weighted by Gasteiger charge is -2.28. The summed E-state index contributed by atoms with van der Waals surface area (Å²) in [5, 5.41) is 0. The minimum Gasteiger partial charge on any atom is -0.298 e. The molecule has 0 aromatic carbocycles. The molecule has 12 heavy (non-hydrogen) atoms. The van der Waals surface area contributed by atoms with Crippen LogP contribution in [0.2, 0.25) is 0 Å². The van der Waals surface area contributed by atoms with Gasteiger partial charge in [-0.25, -0.2) is 0 Å². The van der Waals surface area contributed by atoms with Crippen LogP contribution in [0.5, 0.6) is 0 Å². The average molecular weight is 187 g/mol. The number of carbonyl (C=O) groups excluding carboxylic acids is 1. The molecule has 2 nitrogen and oxygen atoms in total. The van der Waals surface area contributed by atoms with Crippen LogP contribution in [0.25, 0.3) is 0 Å². The van der Waals surface area contributed by atoms with Crippen molar-refractivity contribution in [3.05, 3.63) is 0 Å². The third-order valence-electron chi connectivity index (χ3n) is 2.68. The molecule has 0 bridgehead atoms. The number of Topliss-reactive ketones (excluding diaryl/α,β-unsaturated/α-hetero) is 1. The van der Waals surface area contributed by atoms with Crippen molar-refractivity contribution >= 4 is 17.5 Å². The maximum absolute atomic E-state index is 11.1. The van der Waals surface area contributed by atoms with E-state index < -0.39 is 0 Å². The molecule has 0 aromatic rings. The van der Waals surface area contributed by atoms with Gasteiger partial charge in [0.1, 0.15) is 5.78 Å². The molecule has 0 N–H and O–H groups in total. The van der Waals surface area contributed by atoms with Crippen molar-refractivity contribution in [1.29, 1.82) is 0 Å². The van der Waals surface area contributed by atoms with Crippen molar-refractivity contribution in [2.24, 2.45) is 0 Å². The molecule has 70 valence electrons. The summed E-state index contributed by atoms with van der Waals surface area (Å²) >= 11 is 1.99. The van der Waals surface area contributed by atoms with Crippen LogP contribution in [0.15, 0.2) is 0 Å². The van der Waals surface area contributed by atoms with E-state index in [9.17, 15) is 4.79 Å². The van der Waals surface area contributed by atoms with E-state index in [1.54, 1.807) is 6.92 Å². The van der Waals surface area contributed by atoms with Gasteiger partial charge in [-0.2, -0.15) is 11.8 Å². The largest absolute Gasteiger partial charge is 0.298 e. The Balaban J connectivity index is 2.44. The molecule has 2 unspecified atom stereocenters. The second-order valence-electron chi connectivity index (χ2n) is 3.47. The number of hydrogen-bond donors (Lipinski definition) is 0. The number of rotatable bonds is 3. The first-order valence-corrected chi connectivity index (χ1v) is 5.58. The van der Waals surface area contributed by atoms with Gasteiger partial charge >= 0.3 is 0 Å². The maximum atomic E-state index is 11.1. The van der Waals surface area contributed by atoms with Crippen LogP contribution < -0.4 is 0 Å².